The SMILES string of the molecule is COc1ccc(CSc2nc3c(cnn3-c3ccccc3)c(=O)[nH]2)cc1Cl. The van der Waals surface area contributed by atoms with Crippen molar-refractivity contribution in [2.45, 2.75) is 10.9 Å². The molecule has 0 bridgehead atoms. The second-order valence-electron chi connectivity index (χ2n) is 5.76. The van der Waals surface area contributed by atoms with Crippen molar-refractivity contribution < 1.29 is 4.74 Å². The first-order chi connectivity index (χ1) is 13.2. The van der Waals surface area contributed by atoms with Gasteiger partial charge in [-0.3, -0.25) is 4.79 Å². The van der Waals surface area contributed by atoms with E-state index in [2.05, 4.69) is 15.1 Å². The number of fused-ring (bicyclic) bond motifs is 1. The summed E-state index contributed by atoms with van der Waals surface area (Å²) in [4.78, 5) is 19.8. The largest absolute Gasteiger partial charge is 0.495 e. The molecule has 0 amide bonds. The van der Waals surface area contributed by atoms with Gasteiger partial charge in [0.05, 0.1) is 24.0 Å². The first kappa shape index (κ1) is 17.6. The van der Waals surface area contributed by atoms with Crippen LogP contribution in [-0.2, 0) is 5.75 Å². The lowest BCUT2D eigenvalue weighted by Gasteiger charge is -2.06. The highest BCUT2D eigenvalue weighted by atomic mass is 35.5. The highest BCUT2D eigenvalue weighted by molar-refractivity contribution is 7.98. The number of benzene rings is 2. The van der Waals surface area contributed by atoms with Crippen LogP contribution in [-0.4, -0.2) is 26.9 Å². The predicted octanol–water partition coefficient (Wildman–Crippen LogP) is 4.06. The fourth-order valence-corrected chi connectivity index (χ4v) is 3.76. The van der Waals surface area contributed by atoms with Crippen molar-refractivity contribution in [1.82, 2.24) is 19.7 Å². The number of rotatable bonds is 5. The van der Waals surface area contributed by atoms with Crippen molar-refractivity contribution in [2.24, 2.45) is 0 Å². The number of para-hydroxylation sites is 1. The summed E-state index contributed by atoms with van der Waals surface area (Å²) in [5.74, 6) is 1.24. The van der Waals surface area contributed by atoms with Crippen molar-refractivity contribution in [1.29, 1.82) is 0 Å². The third kappa shape index (κ3) is 3.56. The van der Waals surface area contributed by atoms with E-state index in [1.165, 1.54) is 18.0 Å². The molecule has 136 valence electrons. The fourth-order valence-electron chi connectivity index (χ4n) is 2.68. The van der Waals surface area contributed by atoms with E-state index in [0.717, 1.165) is 11.3 Å². The van der Waals surface area contributed by atoms with Gasteiger partial charge in [-0.25, -0.2) is 9.67 Å². The lowest BCUT2D eigenvalue weighted by molar-refractivity contribution is 0.415. The van der Waals surface area contributed by atoms with Gasteiger partial charge in [-0.15, -0.1) is 0 Å². The van der Waals surface area contributed by atoms with E-state index in [1.807, 2.05) is 48.5 Å². The van der Waals surface area contributed by atoms with Crippen LogP contribution in [0.15, 0.2) is 64.7 Å². The van der Waals surface area contributed by atoms with Crippen LogP contribution in [0.2, 0.25) is 5.02 Å². The minimum absolute atomic E-state index is 0.211. The molecule has 8 heteroatoms. The van der Waals surface area contributed by atoms with Crippen LogP contribution in [0, 0.1) is 0 Å². The average Bonchev–Trinajstić information content (AvgIpc) is 3.12. The molecule has 0 unspecified atom stereocenters. The zero-order chi connectivity index (χ0) is 18.8. The van der Waals surface area contributed by atoms with E-state index < -0.39 is 0 Å². The summed E-state index contributed by atoms with van der Waals surface area (Å²) >= 11 is 7.59. The third-order valence-corrected chi connectivity index (χ3v) is 5.25. The Labute approximate surface area is 164 Å². The van der Waals surface area contributed by atoms with Gasteiger partial charge < -0.3 is 9.72 Å². The zero-order valence-electron chi connectivity index (χ0n) is 14.3. The lowest BCUT2D eigenvalue weighted by atomic mass is 10.2. The fraction of sp³-hybridized carbons (Fsp3) is 0.105. The molecule has 2 aromatic carbocycles. The van der Waals surface area contributed by atoms with Crippen LogP contribution in [0.1, 0.15) is 5.56 Å². The lowest BCUT2D eigenvalue weighted by Crippen LogP contribution is -2.09. The van der Waals surface area contributed by atoms with Gasteiger partial charge in [0.1, 0.15) is 11.1 Å². The quantitative estimate of drug-likeness (QED) is 0.405. The maximum absolute atomic E-state index is 12.4. The Kier molecular flexibility index (Phi) is 4.87. The van der Waals surface area contributed by atoms with Gasteiger partial charge in [0, 0.05) is 5.75 Å². The Hall–Kier alpha value is -2.77. The number of ether oxygens (including phenoxy) is 1. The second kappa shape index (κ2) is 7.46. The molecule has 0 saturated heterocycles. The van der Waals surface area contributed by atoms with Crippen molar-refractivity contribution in [3.05, 3.63) is 75.7 Å². The number of thioether (sulfide) groups is 1. The third-order valence-electron chi connectivity index (χ3n) is 4.01. The molecule has 0 spiro atoms. The van der Waals surface area contributed by atoms with E-state index in [4.69, 9.17) is 16.3 Å². The van der Waals surface area contributed by atoms with Gasteiger partial charge in [0.25, 0.3) is 5.56 Å². The number of H-pyrrole nitrogens is 1. The van der Waals surface area contributed by atoms with Gasteiger partial charge in [0.15, 0.2) is 10.8 Å². The van der Waals surface area contributed by atoms with Crippen molar-refractivity contribution in [3.63, 3.8) is 0 Å². The maximum Gasteiger partial charge on any atom is 0.262 e. The number of hydrogen-bond donors (Lipinski definition) is 1. The van der Waals surface area contributed by atoms with E-state index in [1.54, 1.807) is 11.8 Å². The van der Waals surface area contributed by atoms with Crippen molar-refractivity contribution in [3.8, 4) is 11.4 Å². The summed E-state index contributed by atoms with van der Waals surface area (Å²) < 4.78 is 6.83. The summed E-state index contributed by atoms with van der Waals surface area (Å²) in [6.45, 7) is 0. The van der Waals surface area contributed by atoms with Crippen molar-refractivity contribution >= 4 is 34.4 Å². The van der Waals surface area contributed by atoms with Crippen molar-refractivity contribution in [2.75, 3.05) is 7.11 Å². The molecule has 2 heterocycles. The Morgan fingerprint density at radius 1 is 1.22 bits per heavy atom. The minimum atomic E-state index is -0.211. The molecule has 4 rings (SSSR count). The molecule has 0 fully saturated rings. The highest BCUT2D eigenvalue weighted by Crippen LogP contribution is 2.28. The van der Waals surface area contributed by atoms with Crippen LogP contribution in [0.4, 0.5) is 0 Å². The Morgan fingerprint density at radius 2 is 2.04 bits per heavy atom. The minimum Gasteiger partial charge on any atom is -0.495 e. The molecule has 1 N–H and O–H groups in total. The molecule has 0 radical (unpaired) electrons. The molecule has 0 saturated carbocycles. The van der Waals surface area contributed by atoms with Gasteiger partial charge in [-0.1, -0.05) is 47.6 Å². The van der Waals surface area contributed by atoms with E-state index in [9.17, 15) is 4.79 Å². The molecular weight excluding hydrogens is 384 g/mol. The van der Waals surface area contributed by atoms with Crippen LogP contribution < -0.4 is 10.3 Å². The Balaban J connectivity index is 1.65. The number of nitrogens with zero attached hydrogens (tertiary/aromatic N) is 3. The molecule has 27 heavy (non-hydrogen) atoms. The summed E-state index contributed by atoms with van der Waals surface area (Å²) in [5.41, 5.74) is 2.17. The summed E-state index contributed by atoms with van der Waals surface area (Å²) in [7, 11) is 1.58. The van der Waals surface area contributed by atoms with Gasteiger partial charge in [-0.2, -0.15) is 5.10 Å². The molecule has 2 aromatic heterocycles. The Morgan fingerprint density at radius 3 is 2.78 bits per heavy atom. The monoisotopic (exact) mass is 398 g/mol. The first-order valence-electron chi connectivity index (χ1n) is 8.14. The van der Waals surface area contributed by atoms with Gasteiger partial charge >= 0.3 is 0 Å². The van der Waals surface area contributed by atoms with Crippen LogP contribution >= 0.6 is 23.4 Å². The smallest absolute Gasteiger partial charge is 0.262 e. The standard InChI is InChI=1S/C19H15ClN4O2S/c1-26-16-8-7-12(9-15(16)20)11-27-19-22-17-14(18(25)23-19)10-21-24(17)13-5-3-2-4-6-13/h2-10H,11H2,1H3,(H,22,23,25). The van der Waals surface area contributed by atoms with E-state index in [-0.39, 0.29) is 5.56 Å². The highest BCUT2D eigenvalue weighted by Gasteiger charge is 2.12. The summed E-state index contributed by atoms with van der Waals surface area (Å²) in [6.07, 6.45) is 1.53. The van der Waals surface area contributed by atoms with E-state index >= 15 is 0 Å². The normalized spacial score (nSPS) is 11.0. The van der Waals surface area contributed by atoms with Gasteiger partial charge in [0.2, 0.25) is 0 Å². The summed E-state index contributed by atoms with van der Waals surface area (Å²) in [6, 6.07) is 15.2. The molecule has 0 aliphatic heterocycles. The second-order valence-corrected chi connectivity index (χ2v) is 7.13. The van der Waals surface area contributed by atoms with Gasteiger partial charge in [-0.05, 0) is 29.8 Å². The number of aromatic amines is 1. The molecular formula is C19H15ClN4O2S. The zero-order valence-corrected chi connectivity index (χ0v) is 15.9. The number of hydrogen-bond acceptors (Lipinski definition) is 5. The van der Waals surface area contributed by atoms with Crippen LogP contribution in [0.25, 0.3) is 16.7 Å². The van der Waals surface area contributed by atoms with E-state index in [0.29, 0.717) is 32.7 Å². The summed E-state index contributed by atoms with van der Waals surface area (Å²) in [5, 5.41) is 5.84. The molecule has 0 aliphatic carbocycles. The molecule has 0 aliphatic rings. The molecule has 0 atom stereocenters. The maximum atomic E-state index is 12.4. The molecule has 4 aromatic rings. The number of halogens is 1. The van der Waals surface area contributed by atoms with Crippen LogP contribution in [0.5, 0.6) is 5.75 Å². The number of nitrogens with one attached hydrogen (secondary N) is 1. The Bertz CT molecular complexity index is 1160. The molecule has 6 nitrogen and oxygen atoms in total. The number of methoxy groups -OCH3 is 1. The van der Waals surface area contributed by atoms with Crippen LogP contribution in [0.3, 0.4) is 0 Å². The predicted molar refractivity (Wildman–Crippen MR) is 107 cm³/mol. The first-order valence-corrected chi connectivity index (χ1v) is 9.51. The topological polar surface area (TPSA) is 72.8 Å². The average molecular weight is 399 g/mol. The number of aromatic nitrogens is 4.